The summed E-state index contributed by atoms with van der Waals surface area (Å²) >= 11 is 0. The van der Waals surface area contributed by atoms with Gasteiger partial charge in [0.1, 0.15) is 0 Å². The maximum Gasteiger partial charge on any atom is 0.0166 e. The molecule has 0 bridgehead atoms. The van der Waals surface area contributed by atoms with E-state index in [1.54, 1.807) is 0 Å². The Kier molecular flexibility index (Phi) is 3.52. The van der Waals surface area contributed by atoms with E-state index in [0.29, 0.717) is 0 Å². The van der Waals surface area contributed by atoms with Crippen molar-refractivity contribution in [2.45, 2.75) is 58.0 Å². The lowest BCUT2D eigenvalue weighted by molar-refractivity contribution is 0.290. The monoisotopic (exact) mass is 158 g/mol. The van der Waals surface area contributed by atoms with Gasteiger partial charge in [-0.3, -0.25) is 0 Å². The van der Waals surface area contributed by atoms with Gasteiger partial charge in [-0.25, -0.2) is 0 Å². The summed E-state index contributed by atoms with van der Waals surface area (Å²) in [6, 6.07) is 0. The Hall–Kier alpha value is -0.0800. The minimum absolute atomic E-state index is 0.0573. The van der Waals surface area contributed by atoms with Gasteiger partial charge in [-0.1, -0.05) is 13.8 Å². The molecule has 0 heterocycles. The highest BCUT2D eigenvalue weighted by Crippen LogP contribution is 2.22. The maximum absolute atomic E-state index is 6.10. The summed E-state index contributed by atoms with van der Waals surface area (Å²) in [6.45, 7) is 8.30. The van der Waals surface area contributed by atoms with Gasteiger partial charge in [-0.05, 0) is 33.1 Å². The summed E-state index contributed by atoms with van der Waals surface area (Å²) in [4.78, 5) is 0. The lowest BCUT2D eigenvalue weighted by atomic mass is 9.82. The molecule has 0 atom stereocenters. The quantitative estimate of drug-likeness (QED) is 0.653. The van der Waals surface area contributed by atoms with E-state index in [4.69, 9.17) is 11.5 Å². The van der Waals surface area contributed by atoms with Crippen LogP contribution in [0.3, 0.4) is 0 Å². The number of rotatable bonds is 4. The lowest BCUT2D eigenvalue weighted by Gasteiger charge is -2.33. The van der Waals surface area contributed by atoms with Gasteiger partial charge in [0.25, 0.3) is 0 Å². The number of hydrogen-bond acceptors (Lipinski definition) is 2. The van der Waals surface area contributed by atoms with Crippen LogP contribution in [0.1, 0.15) is 47.0 Å². The van der Waals surface area contributed by atoms with Crippen LogP contribution in [0, 0.1) is 0 Å². The highest BCUT2D eigenvalue weighted by molar-refractivity contribution is 4.89. The van der Waals surface area contributed by atoms with E-state index < -0.39 is 0 Å². The minimum Gasteiger partial charge on any atom is -0.325 e. The molecule has 0 aromatic carbocycles. The van der Waals surface area contributed by atoms with Crippen molar-refractivity contribution in [3.63, 3.8) is 0 Å². The Morgan fingerprint density at radius 2 is 1.36 bits per heavy atom. The molecule has 11 heavy (non-hydrogen) atoms. The van der Waals surface area contributed by atoms with Crippen LogP contribution in [0.5, 0.6) is 0 Å². The van der Waals surface area contributed by atoms with Gasteiger partial charge in [-0.2, -0.15) is 0 Å². The van der Waals surface area contributed by atoms with Crippen molar-refractivity contribution < 1.29 is 0 Å². The average Bonchev–Trinajstić information content (AvgIpc) is 1.84. The first-order chi connectivity index (χ1) is 4.83. The summed E-state index contributed by atoms with van der Waals surface area (Å²) in [5.41, 5.74) is 11.8. The summed E-state index contributed by atoms with van der Waals surface area (Å²) < 4.78 is 0. The normalized spacial score (nSPS) is 13.6. The molecule has 0 radical (unpaired) electrons. The highest BCUT2D eigenvalue weighted by Gasteiger charge is 2.27. The Morgan fingerprint density at radius 3 is 1.45 bits per heavy atom. The Morgan fingerprint density at radius 1 is 1.00 bits per heavy atom. The zero-order chi connectivity index (χ0) is 9.12. The summed E-state index contributed by atoms with van der Waals surface area (Å²) in [5.74, 6) is 0. The smallest absolute Gasteiger partial charge is 0.0166 e. The molecule has 68 valence electrons. The van der Waals surface area contributed by atoms with Crippen LogP contribution in [0.4, 0.5) is 0 Å². The predicted octanol–water partition coefficient (Wildman–Crippen LogP) is 1.63. The molecular formula is C9H22N2. The molecule has 0 aromatic heterocycles. The molecule has 0 saturated heterocycles. The molecule has 0 spiro atoms. The van der Waals surface area contributed by atoms with Crippen LogP contribution < -0.4 is 11.5 Å². The first-order valence-electron chi connectivity index (χ1n) is 4.41. The van der Waals surface area contributed by atoms with E-state index in [2.05, 4.69) is 13.8 Å². The number of hydrogen-bond donors (Lipinski definition) is 2. The van der Waals surface area contributed by atoms with E-state index in [1.165, 1.54) is 0 Å². The van der Waals surface area contributed by atoms with Crippen molar-refractivity contribution in [3.05, 3.63) is 0 Å². The second-order valence-electron chi connectivity index (χ2n) is 4.23. The van der Waals surface area contributed by atoms with E-state index in [9.17, 15) is 0 Å². The van der Waals surface area contributed by atoms with Crippen LogP contribution in [0.25, 0.3) is 0 Å². The highest BCUT2D eigenvalue weighted by atomic mass is 14.8. The van der Waals surface area contributed by atoms with Gasteiger partial charge in [-0.15, -0.1) is 0 Å². The maximum atomic E-state index is 6.10. The Balaban J connectivity index is 4.08. The van der Waals surface area contributed by atoms with Crippen LogP contribution in [0.2, 0.25) is 0 Å². The third-order valence-electron chi connectivity index (χ3n) is 2.22. The van der Waals surface area contributed by atoms with Crippen LogP contribution in [-0.4, -0.2) is 11.1 Å². The topological polar surface area (TPSA) is 52.0 Å². The zero-order valence-electron chi connectivity index (χ0n) is 8.28. The van der Waals surface area contributed by atoms with E-state index in [1.807, 2.05) is 13.8 Å². The van der Waals surface area contributed by atoms with E-state index in [-0.39, 0.29) is 11.1 Å². The minimum atomic E-state index is -0.138. The Bertz CT molecular complexity index is 109. The van der Waals surface area contributed by atoms with Gasteiger partial charge in [0.15, 0.2) is 0 Å². The third-order valence-corrected chi connectivity index (χ3v) is 2.22. The summed E-state index contributed by atoms with van der Waals surface area (Å²) in [5, 5.41) is 0. The first-order valence-corrected chi connectivity index (χ1v) is 4.41. The predicted molar refractivity (Wildman–Crippen MR) is 50.4 cm³/mol. The fourth-order valence-electron chi connectivity index (χ4n) is 1.41. The lowest BCUT2D eigenvalue weighted by Crippen LogP contribution is -2.48. The van der Waals surface area contributed by atoms with Crippen LogP contribution >= 0.6 is 0 Å². The average molecular weight is 158 g/mol. The Labute approximate surface area is 70.3 Å². The van der Waals surface area contributed by atoms with Crippen LogP contribution in [-0.2, 0) is 0 Å². The van der Waals surface area contributed by atoms with Crippen LogP contribution in [0.15, 0.2) is 0 Å². The molecule has 0 aliphatic carbocycles. The largest absolute Gasteiger partial charge is 0.325 e. The van der Waals surface area contributed by atoms with Gasteiger partial charge >= 0.3 is 0 Å². The molecule has 0 aromatic rings. The molecule has 0 fully saturated rings. The molecule has 0 saturated carbocycles. The van der Waals surface area contributed by atoms with Gasteiger partial charge < -0.3 is 11.5 Å². The van der Waals surface area contributed by atoms with Gasteiger partial charge in [0.05, 0.1) is 0 Å². The van der Waals surface area contributed by atoms with E-state index >= 15 is 0 Å². The first kappa shape index (κ1) is 10.9. The van der Waals surface area contributed by atoms with Crippen molar-refractivity contribution >= 4 is 0 Å². The van der Waals surface area contributed by atoms with Crippen molar-refractivity contribution in [1.29, 1.82) is 0 Å². The molecular weight excluding hydrogens is 136 g/mol. The number of nitrogens with two attached hydrogens (primary N) is 2. The molecule has 0 amide bonds. The summed E-state index contributed by atoms with van der Waals surface area (Å²) in [7, 11) is 0. The molecule has 2 nitrogen and oxygen atoms in total. The summed E-state index contributed by atoms with van der Waals surface area (Å²) in [6.07, 6.45) is 2.90. The molecule has 0 aliphatic rings. The van der Waals surface area contributed by atoms with Gasteiger partial charge in [0.2, 0.25) is 0 Å². The van der Waals surface area contributed by atoms with Crippen molar-refractivity contribution in [2.75, 3.05) is 0 Å². The second kappa shape index (κ2) is 3.55. The standard InChI is InChI=1S/C9H22N2/c1-5-9(11,6-2)7-8(3,4)10/h5-7,10-11H2,1-4H3. The fourth-order valence-corrected chi connectivity index (χ4v) is 1.41. The van der Waals surface area contributed by atoms with Crippen molar-refractivity contribution in [1.82, 2.24) is 0 Å². The fraction of sp³-hybridized carbons (Fsp3) is 1.00. The zero-order valence-corrected chi connectivity index (χ0v) is 8.28. The molecule has 2 heteroatoms. The van der Waals surface area contributed by atoms with Crippen molar-refractivity contribution in [3.8, 4) is 0 Å². The third kappa shape index (κ3) is 4.38. The molecule has 0 rings (SSSR count). The van der Waals surface area contributed by atoms with Crippen molar-refractivity contribution in [2.24, 2.45) is 11.5 Å². The molecule has 0 aliphatic heterocycles. The SMILES string of the molecule is CCC(N)(CC)CC(C)(C)N. The second-order valence-corrected chi connectivity index (χ2v) is 4.23. The van der Waals surface area contributed by atoms with Gasteiger partial charge in [0, 0.05) is 11.1 Å². The molecule has 0 unspecified atom stereocenters. The molecule has 4 N–H and O–H groups in total. The van der Waals surface area contributed by atoms with E-state index in [0.717, 1.165) is 19.3 Å².